The molecule has 0 aromatic carbocycles. The zero-order valence-corrected chi connectivity index (χ0v) is 23.9. The first-order valence-electron chi connectivity index (χ1n) is 14.6. The van der Waals surface area contributed by atoms with Crippen LogP contribution in [-0.2, 0) is 9.53 Å². The average molecular weight is 471 g/mol. The van der Waals surface area contributed by atoms with Gasteiger partial charge in [-0.05, 0) is 90.8 Å². The van der Waals surface area contributed by atoms with E-state index in [1.54, 1.807) is 6.92 Å². The standard InChI is InChI=1S/C32H54O2/c1-21(2)11-10-12-22(3)24-15-19-32(9)26-13-14-27-29(5,6)28(34-23(4)33)17-18-30(27,7)25(26)16-20-31(24,32)8/h13,21-22,24-25,27-28H,10-12,14-20H2,1-9H3. The molecule has 4 aliphatic carbocycles. The van der Waals surface area contributed by atoms with Gasteiger partial charge in [0.25, 0.3) is 0 Å². The van der Waals surface area contributed by atoms with E-state index in [9.17, 15) is 4.79 Å². The van der Waals surface area contributed by atoms with Crippen LogP contribution in [0, 0.1) is 51.2 Å². The monoisotopic (exact) mass is 470 g/mol. The Kier molecular flexibility index (Phi) is 6.92. The van der Waals surface area contributed by atoms with Crippen molar-refractivity contribution in [1.82, 2.24) is 0 Å². The number of hydrogen-bond acceptors (Lipinski definition) is 2. The summed E-state index contributed by atoms with van der Waals surface area (Å²) in [6.07, 6.45) is 15.9. The minimum absolute atomic E-state index is 0.0332. The Hall–Kier alpha value is -0.790. The van der Waals surface area contributed by atoms with Crippen molar-refractivity contribution >= 4 is 5.97 Å². The van der Waals surface area contributed by atoms with Crippen molar-refractivity contribution in [2.75, 3.05) is 0 Å². The highest BCUT2D eigenvalue weighted by molar-refractivity contribution is 5.66. The van der Waals surface area contributed by atoms with Gasteiger partial charge in [0.2, 0.25) is 0 Å². The third-order valence-electron chi connectivity index (χ3n) is 12.3. The number of carbonyl (C=O) groups is 1. The van der Waals surface area contributed by atoms with Gasteiger partial charge in [-0.15, -0.1) is 0 Å². The van der Waals surface area contributed by atoms with Crippen LogP contribution in [-0.4, -0.2) is 12.1 Å². The lowest BCUT2D eigenvalue weighted by Crippen LogP contribution is -2.58. The normalized spacial score (nSPS) is 44.0. The quantitative estimate of drug-likeness (QED) is 0.286. The Bertz CT molecular complexity index is 808. The van der Waals surface area contributed by atoms with E-state index < -0.39 is 0 Å². The number of rotatable bonds is 6. The molecule has 2 nitrogen and oxygen atoms in total. The molecule has 34 heavy (non-hydrogen) atoms. The summed E-state index contributed by atoms with van der Waals surface area (Å²) < 4.78 is 5.87. The van der Waals surface area contributed by atoms with Gasteiger partial charge >= 0.3 is 5.97 Å². The first-order valence-corrected chi connectivity index (χ1v) is 14.6. The highest BCUT2D eigenvalue weighted by Gasteiger charge is 2.65. The van der Waals surface area contributed by atoms with Crippen molar-refractivity contribution in [2.24, 2.45) is 51.2 Å². The summed E-state index contributed by atoms with van der Waals surface area (Å²) in [4.78, 5) is 11.8. The topological polar surface area (TPSA) is 26.3 Å². The molecule has 0 bridgehead atoms. The number of fused-ring (bicyclic) bond motifs is 5. The minimum Gasteiger partial charge on any atom is -0.462 e. The van der Waals surface area contributed by atoms with Crippen molar-refractivity contribution in [3.05, 3.63) is 11.6 Å². The fraction of sp³-hybridized carbons (Fsp3) is 0.906. The zero-order valence-electron chi connectivity index (χ0n) is 23.9. The second kappa shape index (κ2) is 8.95. The molecule has 3 fully saturated rings. The molecule has 0 radical (unpaired) electrons. The molecule has 0 heterocycles. The Morgan fingerprint density at radius 3 is 2.35 bits per heavy atom. The van der Waals surface area contributed by atoms with E-state index in [2.05, 4.69) is 61.5 Å². The summed E-state index contributed by atoms with van der Waals surface area (Å²) in [6.45, 7) is 21.6. The Labute approximate surface area is 211 Å². The maximum atomic E-state index is 11.8. The summed E-state index contributed by atoms with van der Waals surface area (Å²) in [7, 11) is 0. The maximum absolute atomic E-state index is 11.8. The summed E-state index contributed by atoms with van der Waals surface area (Å²) in [5.74, 6) is 3.72. The smallest absolute Gasteiger partial charge is 0.302 e. The molecular formula is C32H54O2. The maximum Gasteiger partial charge on any atom is 0.302 e. The van der Waals surface area contributed by atoms with Crippen LogP contribution in [0.25, 0.3) is 0 Å². The van der Waals surface area contributed by atoms with Crippen LogP contribution in [0.15, 0.2) is 11.6 Å². The second-order valence-corrected chi connectivity index (χ2v) is 14.7. The lowest BCUT2D eigenvalue weighted by Gasteiger charge is -2.64. The van der Waals surface area contributed by atoms with Crippen LogP contribution in [0.1, 0.15) is 127 Å². The number of allylic oxidation sites excluding steroid dienone is 2. The van der Waals surface area contributed by atoms with E-state index in [0.717, 1.165) is 30.6 Å². The van der Waals surface area contributed by atoms with Gasteiger partial charge in [0.1, 0.15) is 6.10 Å². The molecule has 4 aliphatic rings. The van der Waals surface area contributed by atoms with E-state index in [1.165, 1.54) is 51.4 Å². The first-order chi connectivity index (χ1) is 15.8. The molecule has 8 atom stereocenters. The van der Waals surface area contributed by atoms with Gasteiger partial charge in [-0.25, -0.2) is 0 Å². The minimum atomic E-state index is -0.117. The van der Waals surface area contributed by atoms with E-state index in [0.29, 0.717) is 28.1 Å². The Morgan fingerprint density at radius 1 is 1.00 bits per heavy atom. The van der Waals surface area contributed by atoms with Gasteiger partial charge in [0.05, 0.1) is 0 Å². The molecule has 0 N–H and O–H groups in total. The molecule has 2 heteroatoms. The molecule has 3 saturated carbocycles. The predicted octanol–water partition coefficient (Wildman–Crippen LogP) is 8.99. The average Bonchev–Trinajstić information content (AvgIpc) is 3.01. The Balaban J connectivity index is 1.59. The Morgan fingerprint density at radius 2 is 1.71 bits per heavy atom. The summed E-state index contributed by atoms with van der Waals surface area (Å²) in [5.41, 5.74) is 3.00. The summed E-state index contributed by atoms with van der Waals surface area (Å²) in [5, 5.41) is 0. The van der Waals surface area contributed by atoms with Crippen molar-refractivity contribution < 1.29 is 9.53 Å². The van der Waals surface area contributed by atoms with Crippen molar-refractivity contribution in [3.8, 4) is 0 Å². The lowest BCUT2D eigenvalue weighted by atomic mass is 9.41. The predicted molar refractivity (Wildman–Crippen MR) is 142 cm³/mol. The molecule has 194 valence electrons. The van der Waals surface area contributed by atoms with Gasteiger partial charge in [-0.3, -0.25) is 4.79 Å². The number of esters is 1. The largest absolute Gasteiger partial charge is 0.462 e. The molecular weight excluding hydrogens is 416 g/mol. The lowest BCUT2D eigenvalue weighted by molar-refractivity contribution is -0.174. The molecule has 0 spiro atoms. The number of hydrogen-bond donors (Lipinski definition) is 0. The number of carbonyl (C=O) groups excluding carboxylic acids is 1. The fourth-order valence-corrected chi connectivity index (χ4v) is 10.1. The van der Waals surface area contributed by atoms with Gasteiger partial charge in [0, 0.05) is 12.3 Å². The molecule has 0 aromatic heterocycles. The highest BCUT2D eigenvalue weighted by atomic mass is 16.5. The molecule has 4 rings (SSSR count). The van der Waals surface area contributed by atoms with E-state index in [-0.39, 0.29) is 17.5 Å². The molecule has 0 aliphatic heterocycles. The third-order valence-corrected chi connectivity index (χ3v) is 12.3. The molecule has 0 amide bonds. The molecule has 0 saturated heterocycles. The highest BCUT2D eigenvalue weighted by Crippen LogP contribution is 2.73. The van der Waals surface area contributed by atoms with Crippen LogP contribution in [0.4, 0.5) is 0 Å². The summed E-state index contributed by atoms with van der Waals surface area (Å²) in [6, 6.07) is 0. The molecule has 8 unspecified atom stereocenters. The van der Waals surface area contributed by atoms with E-state index in [1.807, 2.05) is 5.57 Å². The van der Waals surface area contributed by atoms with Crippen LogP contribution in [0.5, 0.6) is 0 Å². The van der Waals surface area contributed by atoms with Gasteiger partial charge < -0.3 is 4.74 Å². The SMILES string of the molecule is CC(=O)OC1CCC2(C)C3CCC4(C)C(C(C)CCCC(C)C)CCC4(C)C3=CCC2C1(C)C. The molecule has 0 aromatic rings. The second-order valence-electron chi connectivity index (χ2n) is 14.7. The van der Waals surface area contributed by atoms with E-state index in [4.69, 9.17) is 4.74 Å². The van der Waals surface area contributed by atoms with E-state index >= 15 is 0 Å². The number of ether oxygens (including phenoxy) is 1. The van der Waals surface area contributed by atoms with Crippen LogP contribution < -0.4 is 0 Å². The first kappa shape index (κ1) is 26.3. The van der Waals surface area contributed by atoms with Gasteiger partial charge in [0.15, 0.2) is 0 Å². The van der Waals surface area contributed by atoms with Crippen molar-refractivity contribution in [3.63, 3.8) is 0 Å². The van der Waals surface area contributed by atoms with Crippen molar-refractivity contribution in [2.45, 2.75) is 133 Å². The van der Waals surface area contributed by atoms with Crippen LogP contribution in [0.3, 0.4) is 0 Å². The van der Waals surface area contributed by atoms with Crippen LogP contribution >= 0.6 is 0 Å². The van der Waals surface area contributed by atoms with Crippen molar-refractivity contribution in [1.29, 1.82) is 0 Å². The third kappa shape index (κ3) is 3.92. The summed E-state index contributed by atoms with van der Waals surface area (Å²) >= 11 is 0. The zero-order chi connectivity index (χ0) is 25.1. The van der Waals surface area contributed by atoms with Crippen LogP contribution in [0.2, 0.25) is 0 Å². The van der Waals surface area contributed by atoms with Gasteiger partial charge in [-0.1, -0.05) is 86.3 Å². The fourth-order valence-electron chi connectivity index (χ4n) is 10.1. The van der Waals surface area contributed by atoms with Gasteiger partial charge in [-0.2, -0.15) is 0 Å².